The lowest BCUT2D eigenvalue weighted by molar-refractivity contribution is 0.0961. The van der Waals surface area contributed by atoms with Crippen LogP contribution >= 0.6 is 0 Å². The van der Waals surface area contributed by atoms with Gasteiger partial charge in [-0.15, -0.1) is 0 Å². The summed E-state index contributed by atoms with van der Waals surface area (Å²) in [5.41, 5.74) is 8.90. The first-order valence-corrected chi connectivity index (χ1v) is 9.12. The molecule has 1 heterocycles. The fourth-order valence-corrected chi connectivity index (χ4v) is 2.97. The van der Waals surface area contributed by atoms with E-state index < -0.39 is 0 Å². The van der Waals surface area contributed by atoms with Crippen LogP contribution in [-0.2, 0) is 6.54 Å². The third-order valence-electron chi connectivity index (χ3n) is 4.39. The number of ether oxygens (including phenoxy) is 1. The normalized spacial score (nSPS) is 10.9. The number of amides is 1. The van der Waals surface area contributed by atoms with Gasteiger partial charge < -0.3 is 15.8 Å². The number of hydrogen-bond donors (Lipinski definition) is 3. The molecule has 0 radical (unpaired) electrons. The highest BCUT2D eigenvalue weighted by atomic mass is 16.5. The molecule has 0 spiro atoms. The minimum Gasteiger partial charge on any atom is -0.457 e. The molecule has 0 bridgehead atoms. The number of aromatic nitrogens is 2. The molecular weight excluding hydrogens is 354 g/mol. The molecule has 7 nitrogen and oxygen atoms in total. The Morgan fingerprint density at radius 2 is 2.04 bits per heavy atom. The molecule has 1 amide bonds. The molecule has 7 heteroatoms. The number of H-pyrrole nitrogens is 1. The van der Waals surface area contributed by atoms with Crippen molar-refractivity contribution in [1.29, 1.82) is 0 Å². The molecule has 3 rings (SSSR count). The number of hydrogen-bond acceptors (Lipinski definition) is 5. The average molecular weight is 379 g/mol. The van der Waals surface area contributed by atoms with E-state index in [1.165, 1.54) is 0 Å². The summed E-state index contributed by atoms with van der Waals surface area (Å²) < 4.78 is 5.93. The van der Waals surface area contributed by atoms with Gasteiger partial charge in [0.15, 0.2) is 0 Å². The Morgan fingerprint density at radius 1 is 1.25 bits per heavy atom. The molecule has 0 saturated heterocycles. The second-order valence-corrected chi connectivity index (χ2v) is 6.49. The van der Waals surface area contributed by atoms with E-state index in [1.54, 1.807) is 13.2 Å². The molecule has 0 aliphatic heterocycles. The van der Waals surface area contributed by atoms with E-state index in [0.29, 0.717) is 30.2 Å². The molecule has 0 fully saturated rings. The van der Waals surface area contributed by atoms with E-state index in [1.807, 2.05) is 55.6 Å². The molecule has 4 N–H and O–H groups in total. The lowest BCUT2D eigenvalue weighted by Crippen LogP contribution is -2.25. The van der Waals surface area contributed by atoms with Crippen LogP contribution in [-0.4, -0.2) is 48.2 Å². The molecule has 0 unspecified atom stereocenters. The fraction of sp³-hybridized carbons (Fsp3) is 0.238. The van der Waals surface area contributed by atoms with Crippen LogP contribution in [0.25, 0.3) is 11.1 Å². The molecule has 146 valence electrons. The zero-order chi connectivity index (χ0) is 19.9. The Hall–Kier alpha value is -3.16. The van der Waals surface area contributed by atoms with Crippen LogP contribution in [0.2, 0.25) is 0 Å². The van der Waals surface area contributed by atoms with Crippen molar-refractivity contribution in [2.24, 2.45) is 5.73 Å². The monoisotopic (exact) mass is 379 g/mol. The number of likely N-dealkylation sites (N-methyl/N-ethyl adjacent to an activating group) is 1. The van der Waals surface area contributed by atoms with E-state index in [-0.39, 0.29) is 5.91 Å². The Morgan fingerprint density at radius 3 is 2.75 bits per heavy atom. The summed E-state index contributed by atoms with van der Waals surface area (Å²) >= 11 is 0. The van der Waals surface area contributed by atoms with E-state index >= 15 is 0 Å². The second-order valence-electron chi connectivity index (χ2n) is 6.49. The molecule has 0 atom stereocenters. The highest BCUT2D eigenvalue weighted by Crippen LogP contribution is 2.31. The Balaban J connectivity index is 1.94. The van der Waals surface area contributed by atoms with Crippen molar-refractivity contribution in [2.75, 3.05) is 27.2 Å². The first-order valence-electron chi connectivity index (χ1n) is 9.12. The third kappa shape index (κ3) is 4.57. The predicted octanol–water partition coefficient (Wildman–Crippen LogP) is 2.62. The number of nitrogens with two attached hydrogens (primary N) is 1. The van der Waals surface area contributed by atoms with Gasteiger partial charge in [-0.25, -0.2) is 0 Å². The number of para-hydroxylation sites is 1. The Bertz CT molecular complexity index is 924. The lowest BCUT2D eigenvalue weighted by Gasteiger charge is -2.16. The quantitative estimate of drug-likeness (QED) is 0.559. The number of nitrogens with one attached hydrogen (secondary N) is 2. The topological polar surface area (TPSA) is 96.3 Å². The van der Waals surface area contributed by atoms with Crippen LogP contribution in [0.3, 0.4) is 0 Å². The highest BCUT2D eigenvalue weighted by Gasteiger charge is 2.16. The van der Waals surface area contributed by atoms with Gasteiger partial charge in [0.05, 0.1) is 17.5 Å². The number of carbonyl (C=O) groups is 1. The van der Waals surface area contributed by atoms with E-state index in [0.717, 1.165) is 23.4 Å². The van der Waals surface area contributed by atoms with Crippen LogP contribution in [0.15, 0.2) is 54.7 Å². The zero-order valence-electron chi connectivity index (χ0n) is 16.1. The summed E-state index contributed by atoms with van der Waals surface area (Å²) in [6.07, 6.45) is 1.77. The van der Waals surface area contributed by atoms with Crippen LogP contribution in [0, 0.1) is 0 Å². The van der Waals surface area contributed by atoms with Crippen molar-refractivity contribution in [1.82, 2.24) is 20.4 Å². The van der Waals surface area contributed by atoms with Gasteiger partial charge in [-0.05, 0) is 36.9 Å². The SMILES string of the molecule is CNC(=O)c1cc(-c2cn[nH]c2CN(C)CCN)ccc1Oc1ccccc1. The number of nitrogens with zero attached hydrogens (tertiary/aromatic N) is 2. The van der Waals surface area contributed by atoms with Crippen molar-refractivity contribution in [3.05, 3.63) is 66.0 Å². The summed E-state index contributed by atoms with van der Waals surface area (Å²) in [4.78, 5) is 14.6. The van der Waals surface area contributed by atoms with Gasteiger partial charge in [0, 0.05) is 32.2 Å². The average Bonchev–Trinajstić information content (AvgIpc) is 3.16. The van der Waals surface area contributed by atoms with Gasteiger partial charge in [0.1, 0.15) is 11.5 Å². The van der Waals surface area contributed by atoms with Crippen LogP contribution in [0.4, 0.5) is 0 Å². The number of carbonyl (C=O) groups excluding carboxylic acids is 1. The van der Waals surface area contributed by atoms with Crippen LogP contribution < -0.4 is 15.8 Å². The highest BCUT2D eigenvalue weighted by molar-refractivity contribution is 5.98. The molecule has 1 aromatic heterocycles. The Kier molecular flexibility index (Phi) is 6.41. The molecule has 0 aliphatic carbocycles. The van der Waals surface area contributed by atoms with Gasteiger partial charge in [-0.1, -0.05) is 24.3 Å². The Labute approximate surface area is 164 Å². The predicted molar refractivity (Wildman–Crippen MR) is 109 cm³/mol. The standard InChI is InChI=1S/C21H25N5O2/c1-23-21(27)17-12-15(8-9-20(17)28-16-6-4-3-5-7-16)18-13-24-25-19(18)14-26(2)11-10-22/h3-9,12-13H,10-11,14,22H2,1-2H3,(H,23,27)(H,24,25). The van der Waals surface area contributed by atoms with E-state index in [9.17, 15) is 4.79 Å². The minimum absolute atomic E-state index is 0.210. The maximum absolute atomic E-state index is 12.5. The van der Waals surface area contributed by atoms with E-state index in [2.05, 4.69) is 20.4 Å². The molecule has 2 aromatic carbocycles. The lowest BCUT2D eigenvalue weighted by atomic mass is 10.0. The van der Waals surface area contributed by atoms with Crippen molar-refractivity contribution in [3.8, 4) is 22.6 Å². The largest absolute Gasteiger partial charge is 0.457 e. The number of aromatic amines is 1. The second kappa shape index (κ2) is 9.16. The third-order valence-corrected chi connectivity index (χ3v) is 4.39. The summed E-state index contributed by atoms with van der Waals surface area (Å²) in [7, 11) is 3.61. The molecule has 3 aromatic rings. The first kappa shape index (κ1) is 19.6. The zero-order valence-corrected chi connectivity index (χ0v) is 16.1. The maximum Gasteiger partial charge on any atom is 0.254 e. The molecule has 0 aliphatic rings. The van der Waals surface area contributed by atoms with Crippen molar-refractivity contribution >= 4 is 5.91 Å². The van der Waals surface area contributed by atoms with Gasteiger partial charge in [0.2, 0.25) is 0 Å². The molecule has 28 heavy (non-hydrogen) atoms. The van der Waals surface area contributed by atoms with Crippen molar-refractivity contribution < 1.29 is 9.53 Å². The molecular formula is C21H25N5O2. The van der Waals surface area contributed by atoms with Gasteiger partial charge in [-0.2, -0.15) is 5.10 Å². The van der Waals surface area contributed by atoms with Gasteiger partial charge in [-0.3, -0.25) is 14.8 Å². The van der Waals surface area contributed by atoms with Gasteiger partial charge >= 0.3 is 0 Å². The van der Waals surface area contributed by atoms with Crippen molar-refractivity contribution in [3.63, 3.8) is 0 Å². The first-order chi connectivity index (χ1) is 13.6. The fourth-order valence-electron chi connectivity index (χ4n) is 2.97. The smallest absolute Gasteiger partial charge is 0.254 e. The van der Waals surface area contributed by atoms with Crippen LogP contribution in [0.5, 0.6) is 11.5 Å². The van der Waals surface area contributed by atoms with E-state index in [4.69, 9.17) is 10.5 Å². The summed E-state index contributed by atoms with van der Waals surface area (Å²) in [6.45, 7) is 2.06. The summed E-state index contributed by atoms with van der Waals surface area (Å²) in [5.74, 6) is 0.963. The number of rotatable bonds is 8. The summed E-state index contributed by atoms with van der Waals surface area (Å²) in [5, 5.41) is 9.91. The van der Waals surface area contributed by atoms with Gasteiger partial charge in [0.25, 0.3) is 5.91 Å². The maximum atomic E-state index is 12.5. The minimum atomic E-state index is -0.210. The van der Waals surface area contributed by atoms with Crippen molar-refractivity contribution in [2.45, 2.75) is 6.54 Å². The van der Waals surface area contributed by atoms with Crippen LogP contribution in [0.1, 0.15) is 16.1 Å². The summed E-state index contributed by atoms with van der Waals surface area (Å²) in [6, 6.07) is 15.0. The number of benzene rings is 2. The molecule has 0 saturated carbocycles.